The molecule has 1 amide bonds. The van der Waals surface area contributed by atoms with Crippen LogP contribution < -0.4 is 10.6 Å². The molecule has 1 N–H and O–H groups in total. The molecule has 0 unspecified atom stereocenters. The standard InChI is InChI=1S/C9H7NO2/c1-5-2-3-7(11)6-4-8(12)10-9(5)6/h2-4,11H,1H3. The molecule has 1 aromatic rings. The number of hydrogen-bond donors (Lipinski definition) is 1. The number of benzene rings is 1. The van der Waals surface area contributed by atoms with Crippen LogP contribution in [0.1, 0.15) is 5.56 Å². The van der Waals surface area contributed by atoms with Crippen LogP contribution in [0.4, 0.5) is 0 Å². The molecule has 1 aromatic carbocycles. The second kappa shape index (κ2) is 2.17. The molecule has 2 rings (SSSR count). The lowest BCUT2D eigenvalue weighted by Crippen LogP contribution is -2.24. The number of aryl methyl sites for hydroxylation is 1. The summed E-state index contributed by atoms with van der Waals surface area (Å²) in [5.74, 6) is -0.181. The molecule has 1 heterocycles. The van der Waals surface area contributed by atoms with Crippen molar-refractivity contribution in [1.82, 2.24) is 0 Å². The van der Waals surface area contributed by atoms with E-state index in [1.807, 2.05) is 6.92 Å². The monoisotopic (exact) mass is 161 g/mol. The van der Waals surface area contributed by atoms with E-state index in [0.717, 1.165) is 5.56 Å². The molecule has 1 aliphatic rings. The minimum atomic E-state index is -0.297. The average Bonchev–Trinajstić information content (AvgIpc) is 2.41. The third kappa shape index (κ3) is 0.830. The van der Waals surface area contributed by atoms with Crippen molar-refractivity contribution in [3.05, 3.63) is 28.3 Å². The highest BCUT2D eigenvalue weighted by molar-refractivity contribution is 6.06. The van der Waals surface area contributed by atoms with Crippen LogP contribution in [0.15, 0.2) is 17.1 Å². The predicted octanol–water partition coefficient (Wildman–Crippen LogP) is -0.359. The average molecular weight is 161 g/mol. The Morgan fingerprint density at radius 2 is 2.17 bits per heavy atom. The molecular formula is C9H7NO2. The van der Waals surface area contributed by atoms with Crippen molar-refractivity contribution in [3.63, 3.8) is 0 Å². The topological polar surface area (TPSA) is 49.7 Å². The molecule has 0 saturated carbocycles. The van der Waals surface area contributed by atoms with Crippen LogP contribution in [0.2, 0.25) is 0 Å². The summed E-state index contributed by atoms with van der Waals surface area (Å²) in [5, 5.41) is 10.5. The fourth-order valence-electron chi connectivity index (χ4n) is 1.26. The molecule has 0 bridgehead atoms. The number of aromatic hydroxyl groups is 1. The summed E-state index contributed by atoms with van der Waals surface area (Å²) in [6, 6.07) is 3.31. The molecule has 12 heavy (non-hydrogen) atoms. The van der Waals surface area contributed by atoms with E-state index >= 15 is 0 Å². The smallest absolute Gasteiger partial charge is 0.271 e. The van der Waals surface area contributed by atoms with Crippen molar-refractivity contribution >= 4 is 12.0 Å². The fourth-order valence-corrected chi connectivity index (χ4v) is 1.26. The number of carbonyl (C=O) groups is 1. The van der Waals surface area contributed by atoms with Crippen molar-refractivity contribution in [2.75, 3.05) is 0 Å². The Balaban J connectivity index is 3.00. The number of rotatable bonds is 0. The summed E-state index contributed by atoms with van der Waals surface area (Å²) < 4.78 is 0. The first-order valence-corrected chi connectivity index (χ1v) is 3.61. The summed E-state index contributed by atoms with van der Waals surface area (Å²) in [7, 11) is 0. The van der Waals surface area contributed by atoms with Crippen molar-refractivity contribution in [1.29, 1.82) is 0 Å². The Labute approximate surface area is 68.7 Å². The second-order valence-electron chi connectivity index (χ2n) is 2.76. The summed E-state index contributed by atoms with van der Waals surface area (Å²) in [6.45, 7) is 1.86. The highest BCUT2D eigenvalue weighted by atomic mass is 16.3. The number of fused-ring (bicyclic) bond motifs is 1. The number of phenolic OH excluding ortho intramolecular Hbond substituents is 1. The highest BCUT2D eigenvalue weighted by Gasteiger charge is 2.07. The van der Waals surface area contributed by atoms with E-state index in [-0.39, 0.29) is 11.7 Å². The van der Waals surface area contributed by atoms with E-state index in [0.29, 0.717) is 10.6 Å². The maximum Gasteiger partial charge on any atom is 0.271 e. The van der Waals surface area contributed by atoms with Crippen LogP contribution in [-0.2, 0) is 4.79 Å². The molecule has 0 atom stereocenters. The number of hydrogen-bond acceptors (Lipinski definition) is 2. The van der Waals surface area contributed by atoms with Gasteiger partial charge in [0.2, 0.25) is 0 Å². The third-order valence-electron chi connectivity index (χ3n) is 1.89. The first kappa shape index (κ1) is 7.03. The van der Waals surface area contributed by atoms with Crippen LogP contribution >= 0.6 is 0 Å². The van der Waals surface area contributed by atoms with Crippen LogP contribution in [0, 0.1) is 6.92 Å². The Morgan fingerprint density at radius 1 is 1.42 bits per heavy atom. The van der Waals surface area contributed by atoms with E-state index in [4.69, 9.17) is 0 Å². The lowest BCUT2D eigenvalue weighted by molar-refractivity contribution is -0.112. The van der Waals surface area contributed by atoms with Crippen molar-refractivity contribution in [2.45, 2.75) is 6.92 Å². The lowest BCUT2D eigenvalue weighted by atomic mass is 10.2. The van der Waals surface area contributed by atoms with Gasteiger partial charge in [-0.25, -0.2) is 4.99 Å². The highest BCUT2D eigenvalue weighted by Crippen LogP contribution is 2.00. The van der Waals surface area contributed by atoms with Gasteiger partial charge >= 0.3 is 0 Å². The van der Waals surface area contributed by atoms with E-state index in [1.165, 1.54) is 6.08 Å². The molecule has 0 fully saturated rings. The van der Waals surface area contributed by atoms with E-state index < -0.39 is 0 Å². The van der Waals surface area contributed by atoms with Gasteiger partial charge in [0, 0.05) is 11.3 Å². The number of amides is 1. The van der Waals surface area contributed by atoms with Gasteiger partial charge in [0.25, 0.3) is 5.91 Å². The van der Waals surface area contributed by atoms with Crippen LogP contribution in [0.3, 0.4) is 0 Å². The zero-order valence-corrected chi connectivity index (χ0v) is 6.53. The molecular weight excluding hydrogens is 154 g/mol. The molecule has 0 radical (unpaired) electrons. The first-order valence-electron chi connectivity index (χ1n) is 3.61. The Bertz CT molecular complexity index is 431. The molecule has 1 aliphatic heterocycles. The van der Waals surface area contributed by atoms with Crippen molar-refractivity contribution in [3.8, 4) is 5.75 Å². The van der Waals surface area contributed by atoms with Gasteiger partial charge in [-0.3, -0.25) is 4.79 Å². The maximum absolute atomic E-state index is 10.9. The maximum atomic E-state index is 10.9. The SMILES string of the molecule is Cc1ccc(O)c2c1=NC(=O)C=2. The Hall–Kier alpha value is -1.64. The van der Waals surface area contributed by atoms with E-state index in [2.05, 4.69) is 4.99 Å². The molecule has 0 saturated heterocycles. The lowest BCUT2D eigenvalue weighted by Gasteiger charge is -1.93. The Kier molecular flexibility index (Phi) is 1.27. The summed E-state index contributed by atoms with van der Waals surface area (Å²) >= 11 is 0. The molecule has 3 heteroatoms. The normalized spacial score (nSPS) is 13.6. The van der Waals surface area contributed by atoms with Gasteiger partial charge in [0.1, 0.15) is 5.75 Å². The van der Waals surface area contributed by atoms with Gasteiger partial charge in [0.15, 0.2) is 0 Å². The van der Waals surface area contributed by atoms with Gasteiger partial charge < -0.3 is 5.11 Å². The van der Waals surface area contributed by atoms with Gasteiger partial charge in [-0.05, 0) is 18.6 Å². The third-order valence-corrected chi connectivity index (χ3v) is 1.89. The molecule has 0 spiro atoms. The van der Waals surface area contributed by atoms with Gasteiger partial charge in [-0.2, -0.15) is 0 Å². The van der Waals surface area contributed by atoms with Gasteiger partial charge in [-0.15, -0.1) is 0 Å². The van der Waals surface area contributed by atoms with E-state index in [1.54, 1.807) is 12.1 Å². The predicted molar refractivity (Wildman–Crippen MR) is 43.1 cm³/mol. The summed E-state index contributed by atoms with van der Waals surface area (Å²) in [5.41, 5.74) is 0.907. The molecule has 0 aliphatic carbocycles. The molecule has 3 nitrogen and oxygen atoms in total. The number of phenols is 1. The Morgan fingerprint density at radius 3 is 2.83 bits per heavy atom. The van der Waals surface area contributed by atoms with Crippen LogP contribution in [-0.4, -0.2) is 11.0 Å². The van der Waals surface area contributed by atoms with Crippen LogP contribution in [0.5, 0.6) is 5.75 Å². The second-order valence-corrected chi connectivity index (χ2v) is 2.76. The minimum Gasteiger partial charge on any atom is -0.507 e. The van der Waals surface area contributed by atoms with E-state index in [9.17, 15) is 9.90 Å². The molecule has 60 valence electrons. The quantitative estimate of drug-likeness (QED) is 0.565. The zero-order chi connectivity index (χ0) is 8.72. The van der Waals surface area contributed by atoms with Crippen LogP contribution in [0.25, 0.3) is 6.08 Å². The molecule has 0 aromatic heterocycles. The zero-order valence-electron chi connectivity index (χ0n) is 6.53. The largest absolute Gasteiger partial charge is 0.507 e. The van der Waals surface area contributed by atoms with Crippen molar-refractivity contribution in [2.24, 2.45) is 4.99 Å². The summed E-state index contributed by atoms with van der Waals surface area (Å²) in [4.78, 5) is 14.6. The summed E-state index contributed by atoms with van der Waals surface area (Å²) in [6.07, 6.45) is 1.34. The minimum absolute atomic E-state index is 0.116. The fraction of sp³-hybridized carbons (Fsp3) is 0.111. The van der Waals surface area contributed by atoms with Gasteiger partial charge in [-0.1, -0.05) is 6.07 Å². The van der Waals surface area contributed by atoms with Crippen molar-refractivity contribution < 1.29 is 9.90 Å². The number of carbonyl (C=O) groups excluding carboxylic acids is 1. The van der Waals surface area contributed by atoms with Gasteiger partial charge in [0.05, 0.1) is 5.36 Å². The first-order chi connectivity index (χ1) is 5.68. The number of nitrogens with zero attached hydrogens (tertiary/aromatic N) is 1.